The molecule has 1 aliphatic rings. The van der Waals surface area contributed by atoms with Crippen molar-refractivity contribution in [3.05, 3.63) is 59.9 Å². The van der Waals surface area contributed by atoms with Gasteiger partial charge >= 0.3 is 0 Å². The van der Waals surface area contributed by atoms with Gasteiger partial charge in [-0.2, -0.15) is 0 Å². The predicted molar refractivity (Wildman–Crippen MR) is 95.9 cm³/mol. The maximum Gasteiger partial charge on any atom is 0.240 e. The third kappa shape index (κ3) is 3.55. The summed E-state index contributed by atoms with van der Waals surface area (Å²) in [4.78, 5) is 25.3. The standard InChI is InChI=1S/C20H21FN2O2/c1-13(2)16-5-3-4-6-17(16)23-19(25)20(11-12-20)18(24)22-15-9-7-14(21)8-10-15/h3-10,13H,11-12H2,1-2H3,(H,22,24)(H,23,25). The predicted octanol–water partition coefficient (Wildman–Crippen LogP) is 4.31. The molecule has 0 radical (unpaired) electrons. The zero-order valence-corrected chi connectivity index (χ0v) is 14.3. The van der Waals surface area contributed by atoms with Crippen molar-refractivity contribution < 1.29 is 14.0 Å². The van der Waals surface area contributed by atoms with Gasteiger partial charge in [0.05, 0.1) is 0 Å². The number of carbonyl (C=O) groups is 2. The molecule has 4 nitrogen and oxygen atoms in total. The Morgan fingerprint density at radius 1 is 0.960 bits per heavy atom. The van der Waals surface area contributed by atoms with Crippen LogP contribution in [0.2, 0.25) is 0 Å². The van der Waals surface area contributed by atoms with Crippen LogP contribution in [0, 0.1) is 11.2 Å². The van der Waals surface area contributed by atoms with Crippen LogP contribution in [-0.2, 0) is 9.59 Å². The number of benzene rings is 2. The molecular weight excluding hydrogens is 319 g/mol. The fraction of sp³-hybridized carbons (Fsp3) is 0.300. The van der Waals surface area contributed by atoms with Crippen LogP contribution in [0.3, 0.4) is 0 Å². The van der Waals surface area contributed by atoms with Crippen LogP contribution in [0.1, 0.15) is 38.2 Å². The largest absolute Gasteiger partial charge is 0.325 e. The summed E-state index contributed by atoms with van der Waals surface area (Å²) in [6.07, 6.45) is 1.02. The molecule has 0 unspecified atom stereocenters. The summed E-state index contributed by atoms with van der Waals surface area (Å²) in [5.41, 5.74) is 1.21. The van der Waals surface area contributed by atoms with Crippen LogP contribution in [0.25, 0.3) is 0 Å². The topological polar surface area (TPSA) is 58.2 Å². The summed E-state index contributed by atoms with van der Waals surface area (Å²) in [6.45, 7) is 4.11. The number of halogens is 1. The molecule has 0 atom stereocenters. The van der Waals surface area contributed by atoms with Gasteiger partial charge in [-0.25, -0.2) is 4.39 Å². The van der Waals surface area contributed by atoms with E-state index in [1.54, 1.807) is 0 Å². The zero-order chi connectivity index (χ0) is 18.0. The zero-order valence-electron chi connectivity index (χ0n) is 14.3. The van der Waals surface area contributed by atoms with Gasteiger partial charge in [-0.3, -0.25) is 9.59 Å². The Bertz CT molecular complexity index is 796. The Balaban J connectivity index is 1.73. The van der Waals surface area contributed by atoms with Gasteiger partial charge < -0.3 is 10.6 Å². The second kappa shape index (κ2) is 6.67. The van der Waals surface area contributed by atoms with Gasteiger partial charge in [-0.1, -0.05) is 32.0 Å². The number of nitrogens with one attached hydrogen (secondary N) is 2. The van der Waals surface area contributed by atoms with E-state index in [0.717, 1.165) is 11.3 Å². The summed E-state index contributed by atoms with van der Waals surface area (Å²) in [5.74, 6) is -0.749. The van der Waals surface area contributed by atoms with Crippen molar-refractivity contribution in [3.63, 3.8) is 0 Å². The summed E-state index contributed by atoms with van der Waals surface area (Å²) in [6, 6.07) is 13.1. The third-order valence-corrected chi connectivity index (χ3v) is 4.55. The van der Waals surface area contributed by atoms with Crippen LogP contribution in [-0.4, -0.2) is 11.8 Å². The maximum atomic E-state index is 13.0. The molecule has 2 amide bonds. The fourth-order valence-corrected chi connectivity index (χ4v) is 2.82. The highest BCUT2D eigenvalue weighted by atomic mass is 19.1. The lowest BCUT2D eigenvalue weighted by molar-refractivity contribution is -0.131. The molecule has 2 aromatic rings. The second-order valence-electron chi connectivity index (χ2n) is 6.74. The first-order chi connectivity index (χ1) is 11.9. The average molecular weight is 340 g/mol. The van der Waals surface area contributed by atoms with E-state index < -0.39 is 5.41 Å². The van der Waals surface area contributed by atoms with Crippen molar-refractivity contribution in [3.8, 4) is 0 Å². The lowest BCUT2D eigenvalue weighted by Crippen LogP contribution is -2.35. The molecular formula is C20H21FN2O2. The van der Waals surface area contributed by atoms with Gasteiger partial charge in [-0.15, -0.1) is 0 Å². The van der Waals surface area contributed by atoms with E-state index in [1.807, 2.05) is 24.3 Å². The van der Waals surface area contributed by atoms with Crippen molar-refractivity contribution in [1.29, 1.82) is 0 Å². The number of rotatable bonds is 5. The van der Waals surface area contributed by atoms with E-state index in [-0.39, 0.29) is 23.5 Å². The second-order valence-corrected chi connectivity index (χ2v) is 6.74. The first-order valence-electron chi connectivity index (χ1n) is 8.40. The highest BCUT2D eigenvalue weighted by Crippen LogP contribution is 2.47. The number of para-hydroxylation sites is 1. The Kier molecular flexibility index (Phi) is 4.57. The van der Waals surface area contributed by atoms with Crippen LogP contribution in [0.4, 0.5) is 15.8 Å². The van der Waals surface area contributed by atoms with Crippen molar-refractivity contribution in [1.82, 2.24) is 0 Å². The van der Waals surface area contributed by atoms with Gasteiger partial charge in [0.1, 0.15) is 11.2 Å². The molecule has 2 aromatic carbocycles. The molecule has 0 aromatic heterocycles. The van der Waals surface area contributed by atoms with Crippen LogP contribution >= 0.6 is 0 Å². The first kappa shape index (κ1) is 17.1. The van der Waals surface area contributed by atoms with Crippen molar-refractivity contribution in [2.45, 2.75) is 32.6 Å². The van der Waals surface area contributed by atoms with E-state index in [4.69, 9.17) is 0 Å². The quantitative estimate of drug-likeness (QED) is 0.797. The molecule has 0 bridgehead atoms. The molecule has 0 saturated heterocycles. The molecule has 2 N–H and O–H groups in total. The Labute approximate surface area is 146 Å². The van der Waals surface area contributed by atoms with Gasteiger partial charge in [0, 0.05) is 11.4 Å². The minimum atomic E-state index is -1.04. The molecule has 0 aliphatic heterocycles. The molecule has 1 aliphatic carbocycles. The Morgan fingerprint density at radius 2 is 1.56 bits per heavy atom. The third-order valence-electron chi connectivity index (χ3n) is 4.55. The molecule has 0 spiro atoms. The molecule has 1 saturated carbocycles. The smallest absolute Gasteiger partial charge is 0.240 e. The number of hydrogen-bond donors (Lipinski definition) is 2. The lowest BCUT2D eigenvalue weighted by atomic mass is 9.99. The van der Waals surface area contributed by atoms with Crippen molar-refractivity contribution in [2.24, 2.45) is 5.41 Å². The summed E-state index contributed by atoms with van der Waals surface area (Å²) in [5, 5.41) is 5.62. The molecule has 25 heavy (non-hydrogen) atoms. The highest BCUT2D eigenvalue weighted by molar-refractivity contribution is 6.17. The van der Waals surface area contributed by atoms with Gasteiger partial charge in [-0.05, 0) is 54.7 Å². The minimum absolute atomic E-state index is 0.264. The Morgan fingerprint density at radius 3 is 2.16 bits per heavy atom. The van der Waals surface area contributed by atoms with E-state index in [0.29, 0.717) is 18.5 Å². The van der Waals surface area contributed by atoms with Crippen molar-refractivity contribution >= 4 is 23.2 Å². The fourth-order valence-electron chi connectivity index (χ4n) is 2.82. The number of hydrogen-bond acceptors (Lipinski definition) is 2. The maximum absolute atomic E-state index is 13.0. The van der Waals surface area contributed by atoms with Gasteiger partial charge in [0.2, 0.25) is 11.8 Å². The Hall–Kier alpha value is -2.69. The van der Waals surface area contributed by atoms with E-state index in [2.05, 4.69) is 24.5 Å². The van der Waals surface area contributed by atoms with Gasteiger partial charge in [0.25, 0.3) is 0 Å². The van der Waals surface area contributed by atoms with E-state index in [9.17, 15) is 14.0 Å². The van der Waals surface area contributed by atoms with Crippen LogP contribution in [0.5, 0.6) is 0 Å². The summed E-state index contributed by atoms with van der Waals surface area (Å²) < 4.78 is 13.0. The van der Waals surface area contributed by atoms with Crippen LogP contribution in [0.15, 0.2) is 48.5 Å². The summed E-state index contributed by atoms with van der Waals surface area (Å²) >= 11 is 0. The monoisotopic (exact) mass is 340 g/mol. The molecule has 0 heterocycles. The van der Waals surface area contributed by atoms with E-state index in [1.165, 1.54) is 24.3 Å². The SMILES string of the molecule is CC(C)c1ccccc1NC(=O)C1(C(=O)Nc2ccc(F)cc2)CC1. The highest BCUT2D eigenvalue weighted by Gasteiger charge is 2.56. The molecule has 130 valence electrons. The number of anilines is 2. The minimum Gasteiger partial charge on any atom is -0.325 e. The normalized spacial score (nSPS) is 14.9. The van der Waals surface area contributed by atoms with Gasteiger partial charge in [0.15, 0.2) is 0 Å². The number of amides is 2. The molecule has 1 fully saturated rings. The van der Waals surface area contributed by atoms with Crippen LogP contribution < -0.4 is 10.6 Å². The first-order valence-corrected chi connectivity index (χ1v) is 8.40. The average Bonchev–Trinajstić information content (AvgIpc) is 3.39. The lowest BCUT2D eigenvalue weighted by Gasteiger charge is -2.18. The summed E-state index contributed by atoms with van der Waals surface area (Å²) in [7, 11) is 0. The molecule has 5 heteroatoms. The van der Waals surface area contributed by atoms with E-state index >= 15 is 0 Å². The van der Waals surface area contributed by atoms with Crippen molar-refractivity contribution in [2.75, 3.05) is 10.6 Å². The molecule has 3 rings (SSSR count). The number of carbonyl (C=O) groups excluding carboxylic acids is 2.